The van der Waals surface area contributed by atoms with E-state index in [1.807, 2.05) is 79.3 Å². The van der Waals surface area contributed by atoms with Crippen LogP contribution in [-0.4, -0.2) is 30.8 Å². The summed E-state index contributed by atoms with van der Waals surface area (Å²) < 4.78 is 0. The fourth-order valence-corrected chi connectivity index (χ4v) is 3.28. The Labute approximate surface area is 167 Å². The van der Waals surface area contributed by atoms with Crippen LogP contribution in [0.3, 0.4) is 0 Å². The van der Waals surface area contributed by atoms with Crippen LogP contribution in [0.1, 0.15) is 37.3 Å². The lowest BCUT2D eigenvalue weighted by molar-refractivity contribution is -0.132. The number of amides is 2. The van der Waals surface area contributed by atoms with Crippen molar-refractivity contribution >= 4 is 23.2 Å². The first-order valence-electron chi connectivity index (χ1n) is 9.90. The average molecular weight is 380 g/mol. The normalized spacial score (nSPS) is 13.1. The summed E-state index contributed by atoms with van der Waals surface area (Å²) in [6, 6.07) is 16.0. The fourth-order valence-electron chi connectivity index (χ4n) is 3.28. The van der Waals surface area contributed by atoms with Gasteiger partial charge in [0.15, 0.2) is 0 Å². The Morgan fingerprint density at radius 1 is 1.04 bits per heavy atom. The molecule has 2 aromatic carbocycles. The zero-order valence-corrected chi connectivity index (χ0v) is 16.9. The molecule has 28 heavy (non-hydrogen) atoms. The number of rotatable bonds is 8. The molecule has 0 saturated heterocycles. The van der Waals surface area contributed by atoms with Gasteiger partial charge in [-0.25, -0.2) is 0 Å². The first-order valence-corrected chi connectivity index (χ1v) is 9.90. The molecule has 1 N–H and O–H groups in total. The Morgan fingerprint density at radius 3 is 2.36 bits per heavy atom. The molecule has 0 spiro atoms. The van der Waals surface area contributed by atoms with Crippen LogP contribution in [0.2, 0.25) is 0 Å². The third-order valence-corrected chi connectivity index (χ3v) is 5.01. The van der Waals surface area contributed by atoms with Crippen LogP contribution in [0.4, 0.5) is 11.4 Å². The molecular formula is C23H29N3O2. The van der Waals surface area contributed by atoms with Gasteiger partial charge < -0.3 is 15.1 Å². The average Bonchev–Trinajstić information content (AvgIpc) is 3.53. The summed E-state index contributed by atoms with van der Waals surface area (Å²) in [6.45, 7) is 2.96. The van der Waals surface area contributed by atoms with Crippen LogP contribution >= 0.6 is 0 Å². The molecular weight excluding hydrogens is 350 g/mol. The van der Waals surface area contributed by atoms with Crippen molar-refractivity contribution in [2.24, 2.45) is 5.92 Å². The van der Waals surface area contributed by atoms with Crippen LogP contribution in [0.5, 0.6) is 0 Å². The van der Waals surface area contributed by atoms with Crippen LogP contribution in [-0.2, 0) is 22.7 Å². The smallest absolute Gasteiger partial charge is 0.227 e. The van der Waals surface area contributed by atoms with E-state index in [0.717, 1.165) is 35.3 Å². The standard InChI is InChI=1S/C23H29N3O2/c1-4-22(27)26(15-17-8-6-5-7-9-17)16-19-14-20(12-13-21(19)25(2)3)24-23(28)18-10-11-18/h5-9,12-14,18H,4,10-11,15-16H2,1-3H3,(H,24,28). The lowest BCUT2D eigenvalue weighted by Gasteiger charge is -2.26. The lowest BCUT2D eigenvalue weighted by Crippen LogP contribution is -2.30. The number of nitrogens with one attached hydrogen (secondary N) is 1. The lowest BCUT2D eigenvalue weighted by atomic mass is 10.1. The molecule has 1 aliphatic carbocycles. The van der Waals surface area contributed by atoms with Gasteiger partial charge in [-0.05, 0) is 42.2 Å². The second-order valence-electron chi connectivity index (χ2n) is 7.59. The minimum absolute atomic E-state index is 0.0920. The molecule has 1 fully saturated rings. The van der Waals surface area contributed by atoms with Gasteiger partial charge in [0.1, 0.15) is 0 Å². The summed E-state index contributed by atoms with van der Waals surface area (Å²) in [6.07, 6.45) is 2.41. The number of hydrogen-bond acceptors (Lipinski definition) is 3. The molecule has 0 bridgehead atoms. The predicted octanol–water partition coefficient (Wildman–Crippen LogP) is 4.04. The molecule has 0 radical (unpaired) electrons. The second kappa shape index (κ2) is 8.91. The van der Waals surface area contributed by atoms with E-state index in [2.05, 4.69) is 5.32 Å². The summed E-state index contributed by atoms with van der Waals surface area (Å²) in [5.41, 5.74) is 3.97. The minimum atomic E-state index is 0.0920. The number of anilines is 2. The zero-order valence-electron chi connectivity index (χ0n) is 16.9. The quantitative estimate of drug-likeness (QED) is 0.753. The summed E-state index contributed by atoms with van der Waals surface area (Å²) in [5.74, 6) is 0.364. The highest BCUT2D eigenvalue weighted by atomic mass is 16.2. The molecule has 0 atom stereocenters. The number of carbonyl (C=O) groups excluding carboxylic acids is 2. The number of benzene rings is 2. The Morgan fingerprint density at radius 2 is 1.75 bits per heavy atom. The maximum atomic E-state index is 12.6. The molecule has 0 aromatic heterocycles. The minimum Gasteiger partial charge on any atom is -0.377 e. The van der Waals surface area contributed by atoms with E-state index in [1.165, 1.54) is 0 Å². The van der Waals surface area contributed by atoms with Crippen molar-refractivity contribution < 1.29 is 9.59 Å². The van der Waals surface area contributed by atoms with E-state index in [1.54, 1.807) is 0 Å². The van der Waals surface area contributed by atoms with E-state index < -0.39 is 0 Å². The van der Waals surface area contributed by atoms with E-state index in [0.29, 0.717) is 19.5 Å². The molecule has 1 saturated carbocycles. The molecule has 148 valence electrons. The van der Waals surface area contributed by atoms with Crippen molar-refractivity contribution in [2.45, 2.75) is 39.3 Å². The zero-order chi connectivity index (χ0) is 20.1. The van der Waals surface area contributed by atoms with Crippen LogP contribution in [0, 0.1) is 5.92 Å². The maximum Gasteiger partial charge on any atom is 0.227 e. The molecule has 0 aliphatic heterocycles. The molecule has 3 rings (SSSR count). The highest BCUT2D eigenvalue weighted by molar-refractivity contribution is 5.94. The third kappa shape index (κ3) is 5.12. The summed E-state index contributed by atoms with van der Waals surface area (Å²) >= 11 is 0. The van der Waals surface area contributed by atoms with Crippen molar-refractivity contribution in [3.8, 4) is 0 Å². The van der Waals surface area contributed by atoms with Gasteiger partial charge in [-0.3, -0.25) is 9.59 Å². The van der Waals surface area contributed by atoms with Gasteiger partial charge >= 0.3 is 0 Å². The number of carbonyl (C=O) groups is 2. The van der Waals surface area contributed by atoms with Gasteiger partial charge in [0.25, 0.3) is 0 Å². The molecule has 0 heterocycles. The van der Waals surface area contributed by atoms with Crippen LogP contribution in [0.25, 0.3) is 0 Å². The second-order valence-corrected chi connectivity index (χ2v) is 7.59. The monoisotopic (exact) mass is 379 g/mol. The Bertz CT molecular complexity index is 829. The topological polar surface area (TPSA) is 52.7 Å². The summed E-state index contributed by atoms with van der Waals surface area (Å²) in [7, 11) is 3.98. The van der Waals surface area contributed by atoms with Crippen molar-refractivity contribution in [2.75, 3.05) is 24.3 Å². The van der Waals surface area contributed by atoms with Crippen molar-refractivity contribution in [1.82, 2.24) is 4.90 Å². The number of hydrogen-bond donors (Lipinski definition) is 1. The predicted molar refractivity (Wildman–Crippen MR) is 113 cm³/mol. The van der Waals surface area contributed by atoms with Crippen molar-refractivity contribution in [3.05, 3.63) is 59.7 Å². The SMILES string of the molecule is CCC(=O)N(Cc1ccccc1)Cc1cc(NC(=O)C2CC2)ccc1N(C)C. The van der Waals surface area contributed by atoms with Crippen molar-refractivity contribution in [1.29, 1.82) is 0 Å². The Balaban J connectivity index is 1.84. The highest BCUT2D eigenvalue weighted by Crippen LogP contribution is 2.31. The van der Waals surface area contributed by atoms with Crippen molar-refractivity contribution in [3.63, 3.8) is 0 Å². The first-order chi connectivity index (χ1) is 13.5. The van der Waals surface area contributed by atoms with Crippen LogP contribution < -0.4 is 10.2 Å². The van der Waals surface area contributed by atoms with Gasteiger partial charge in [-0.1, -0.05) is 37.3 Å². The Hall–Kier alpha value is -2.82. The largest absolute Gasteiger partial charge is 0.377 e. The molecule has 5 heteroatoms. The number of nitrogens with zero attached hydrogens (tertiary/aromatic N) is 2. The van der Waals surface area contributed by atoms with Gasteiger partial charge in [-0.2, -0.15) is 0 Å². The molecule has 2 aromatic rings. The molecule has 5 nitrogen and oxygen atoms in total. The van der Waals surface area contributed by atoms with E-state index in [4.69, 9.17) is 0 Å². The van der Waals surface area contributed by atoms with E-state index in [-0.39, 0.29) is 17.7 Å². The van der Waals surface area contributed by atoms with Gasteiger partial charge in [0.2, 0.25) is 11.8 Å². The highest BCUT2D eigenvalue weighted by Gasteiger charge is 2.29. The summed E-state index contributed by atoms with van der Waals surface area (Å²) in [5, 5.41) is 3.02. The van der Waals surface area contributed by atoms with E-state index >= 15 is 0 Å². The Kier molecular flexibility index (Phi) is 6.34. The first kappa shape index (κ1) is 19.9. The maximum absolute atomic E-state index is 12.6. The van der Waals surface area contributed by atoms with Gasteiger partial charge in [0, 0.05) is 50.9 Å². The fraction of sp³-hybridized carbons (Fsp3) is 0.391. The van der Waals surface area contributed by atoms with Crippen LogP contribution in [0.15, 0.2) is 48.5 Å². The molecule has 1 aliphatic rings. The third-order valence-electron chi connectivity index (χ3n) is 5.01. The van der Waals surface area contributed by atoms with E-state index in [9.17, 15) is 9.59 Å². The molecule has 2 amide bonds. The van der Waals surface area contributed by atoms with Gasteiger partial charge in [-0.15, -0.1) is 0 Å². The summed E-state index contributed by atoms with van der Waals surface area (Å²) in [4.78, 5) is 28.7. The van der Waals surface area contributed by atoms with Gasteiger partial charge in [0.05, 0.1) is 0 Å². The molecule has 0 unspecified atom stereocenters.